The number of benzene rings is 1. The Hall–Kier alpha value is -1.26. The van der Waals surface area contributed by atoms with Gasteiger partial charge in [0, 0.05) is 32.2 Å². The van der Waals surface area contributed by atoms with E-state index in [1.165, 1.54) is 0 Å². The van der Waals surface area contributed by atoms with Crippen LogP contribution in [0.4, 0.5) is 5.69 Å². The molecule has 0 bridgehead atoms. The molecule has 0 aromatic heterocycles. The van der Waals surface area contributed by atoms with E-state index in [1.807, 2.05) is 18.2 Å². The molecule has 0 amide bonds. The third-order valence-electron chi connectivity index (χ3n) is 3.91. The molecule has 1 aliphatic rings. The second-order valence-corrected chi connectivity index (χ2v) is 5.39. The summed E-state index contributed by atoms with van der Waals surface area (Å²) in [6, 6.07) is 8.07. The van der Waals surface area contributed by atoms with Gasteiger partial charge in [0.1, 0.15) is 5.75 Å². The van der Waals surface area contributed by atoms with Gasteiger partial charge < -0.3 is 20.1 Å². The number of ether oxygens (including phenoxy) is 2. The van der Waals surface area contributed by atoms with Crippen LogP contribution in [0, 0.1) is 5.41 Å². The molecule has 0 spiro atoms. The summed E-state index contributed by atoms with van der Waals surface area (Å²) in [5.74, 6) is 0.897. The molecule has 1 unspecified atom stereocenters. The summed E-state index contributed by atoms with van der Waals surface area (Å²) >= 11 is 0. The van der Waals surface area contributed by atoms with Gasteiger partial charge in [-0.25, -0.2) is 0 Å². The fourth-order valence-electron chi connectivity index (χ4n) is 2.79. The Kier molecular flexibility index (Phi) is 4.66. The van der Waals surface area contributed by atoms with Crippen LogP contribution < -0.4 is 15.4 Å². The summed E-state index contributed by atoms with van der Waals surface area (Å²) < 4.78 is 11.0. The van der Waals surface area contributed by atoms with Gasteiger partial charge in [-0.15, -0.1) is 0 Å². The first-order valence-electron chi connectivity index (χ1n) is 6.83. The van der Waals surface area contributed by atoms with E-state index >= 15 is 0 Å². The molecule has 1 aromatic carbocycles. The maximum atomic E-state index is 6.00. The van der Waals surface area contributed by atoms with Crippen LogP contribution in [0.25, 0.3) is 0 Å². The van der Waals surface area contributed by atoms with Crippen LogP contribution in [0.3, 0.4) is 0 Å². The molecule has 1 fully saturated rings. The van der Waals surface area contributed by atoms with Crippen molar-refractivity contribution in [1.82, 2.24) is 0 Å². The largest absolute Gasteiger partial charge is 0.495 e. The molecule has 4 heteroatoms. The van der Waals surface area contributed by atoms with Gasteiger partial charge in [0.15, 0.2) is 0 Å². The number of nitrogens with two attached hydrogens (primary N) is 1. The molecule has 4 nitrogen and oxygen atoms in total. The monoisotopic (exact) mass is 264 g/mol. The fraction of sp³-hybridized carbons (Fsp3) is 0.600. The van der Waals surface area contributed by atoms with E-state index in [-0.39, 0.29) is 5.41 Å². The minimum absolute atomic E-state index is 0.0633. The first kappa shape index (κ1) is 14.2. The van der Waals surface area contributed by atoms with Crippen molar-refractivity contribution in [2.24, 2.45) is 11.1 Å². The van der Waals surface area contributed by atoms with Gasteiger partial charge in [-0.2, -0.15) is 0 Å². The molecule has 0 saturated carbocycles. The lowest BCUT2D eigenvalue weighted by molar-refractivity contribution is 0.00167. The Labute approximate surface area is 115 Å². The number of para-hydroxylation sites is 2. The average Bonchev–Trinajstić information content (AvgIpc) is 2.48. The van der Waals surface area contributed by atoms with Crippen molar-refractivity contribution in [2.45, 2.75) is 12.8 Å². The highest BCUT2D eigenvalue weighted by atomic mass is 16.5. The Morgan fingerprint density at radius 3 is 2.84 bits per heavy atom. The van der Waals surface area contributed by atoms with Gasteiger partial charge in [0.25, 0.3) is 0 Å². The lowest BCUT2D eigenvalue weighted by Gasteiger charge is -2.39. The summed E-state index contributed by atoms with van der Waals surface area (Å²) in [6.45, 7) is 3.17. The normalized spacial score (nSPS) is 23.1. The summed E-state index contributed by atoms with van der Waals surface area (Å²) in [5.41, 5.74) is 7.16. The predicted octanol–water partition coefficient (Wildman–Crippen LogP) is 1.89. The molecule has 1 saturated heterocycles. The van der Waals surface area contributed by atoms with Crippen LogP contribution in [0.15, 0.2) is 24.3 Å². The van der Waals surface area contributed by atoms with Gasteiger partial charge in [-0.3, -0.25) is 0 Å². The quantitative estimate of drug-likeness (QED) is 0.882. The van der Waals surface area contributed by atoms with E-state index in [1.54, 1.807) is 7.11 Å². The van der Waals surface area contributed by atoms with Crippen molar-refractivity contribution >= 4 is 5.69 Å². The SMILES string of the molecule is COc1ccccc1N(C)CC1(CN)CCCOC1. The lowest BCUT2D eigenvalue weighted by Crippen LogP contribution is -2.47. The number of nitrogens with zero attached hydrogens (tertiary/aromatic N) is 1. The Balaban J connectivity index is 2.12. The van der Waals surface area contributed by atoms with Crippen LogP contribution in [-0.2, 0) is 4.74 Å². The predicted molar refractivity (Wildman–Crippen MR) is 77.8 cm³/mol. The van der Waals surface area contributed by atoms with Gasteiger partial charge in [-0.05, 0) is 25.0 Å². The number of methoxy groups -OCH3 is 1. The van der Waals surface area contributed by atoms with Crippen molar-refractivity contribution in [3.05, 3.63) is 24.3 Å². The second kappa shape index (κ2) is 6.26. The van der Waals surface area contributed by atoms with Crippen molar-refractivity contribution < 1.29 is 9.47 Å². The molecule has 2 rings (SSSR count). The third kappa shape index (κ3) is 3.19. The zero-order valence-electron chi connectivity index (χ0n) is 11.9. The van der Waals surface area contributed by atoms with Crippen molar-refractivity contribution in [1.29, 1.82) is 0 Å². The third-order valence-corrected chi connectivity index (χ3v) is 3.91. The van der Waals surface area contributed by atoms with Gasteiger partial charge in [0.05, 0.1) is 19.4 Å². The Morgan fingerprint density at radius 1 is 1.42 bits per heavy atom. The molecule has 1 atom stereocenters. The van der Waals surface area contributed by atoms with Crippen LogP contribution in [0.2, 0.25) is 0 Å². The molecule has 1 heterocycles. The summed E-state index contributed by atoms with van der Waals surface area (Å²) in [4.78, 5) is 2.22. The van der Waals surface area contributed by atoms with Crippen LogP contribution in [0.1, 0.15) is 12.8 Å². The molecular formula is C15H24N2O2. The highest BCUT2D eigenvalue weighted by Gasteiger charge is 2.33. The van der Waals surface area contributed by atoms with E-state index in [2.05, 4.69) is 18.0 Å². The van der Waals surface area contributed by atoms with Gasteiger partial charge in [0.2, 0.25) is 0 Å². The second-order valence-electron chi connectivity index (χ2n) is 5.39. The summed E-state index contributed by atoms with van der Waals surface area (Å²) in [7, 11) is 3.79. The zero-order chi connectivity index (χ0) is 13.7. The molecule has 106 valence electrons. The van der Waals surface area contributed by atoms with Crippen molar-refractivity contribution in [3.8, 4) is 5.75 Å². The van der Waals surface area contributed by atoms with Crippen molar-refractivity contribution in [2.75, 3.05) is 45.4 Å². The molecule has 2 N–H and O–H groups in total. The number of rotatable bonds is 5. The zero-order valence-corrected chi connectivity index (χ0v) is 11.9. The molecule has 1 aromatic rings. The average molecular weight is 264 g/mol. The maximum Gasteiger partial charge on any atom is 0.142 e. The van der Waals surface area contributed by atoms with Crippen LogP contribution in [0.5, 0.6) is 5.75 Å². The maximum absolute atomic E-state index is 6.00. The Morgan fingerprint density at radius 2 is 2.21 bits per heavy atom. The standard InChI is InChI=1S/C15H24N2O2/c1-17(13-6-3-4-7-14(13)18-2)11-15(10-16)8-5-9-19-12-15/h3-4,6-7H,5,8-12,16H2,1-2H3. The van der Waals surface area contributed by atoms with Crippen LogP contribution >= 0.6 is 0 Å². The topological polar surface area (TPSA) is 47.7 Å². The van der Waals surface area contributed by atoms with E-state index in [9.17, 15) is 0 Å². The molecular weight excluding hydrogens is 240 g/mol. The highest BCUT2D eigenvalue weighted by Crippen LogP contribution is 2.33. The Bertz CT molecular complexity index is 403. The van der Waals surface area contributed by atoms with E-state index in [0.29, 0.717) is 6.54 Å². The minimum atomic E-state index is 0.0633. The highest BCUT2D eigenvalue weighted by molar-refractivity contribution is 5.58. The van der Waals surface area contributed by atoms with E-state index in [0.717, 1.165) is 44.0 Å². The summed E-state index contributed by atoms with van der Waals surface area (Å²) in [6.07, 6.45) is 2.22. The molecule has 1 aliphatic heterocycles. The first-order valence-corrected chi connectivity index (χ1v) is 6.83. The fourth-order valence-corrected chi connectivity index (χ4v) is 2.79. The lowest BCUT2D eigenvalue weighted by atomic mass is 9.82. The van der Waals surface area contributed by atoms with E-state index < -0.39 is 0 Å². The first-order chi connectivity index (χ1) is 9.21. The van der Waals surface area contributed by atoms with Crippen molar-refractivity contribution in [3.63, 3.8) is 0 Å². The minimum Gasteiger partial charge on any atom is -0.495 e. The number of anilines is 1. The van der Waals surface area contributed by atoms with Gasteiger partial charge >= 0.3 is 0 Å². The summed E-state index contributed by atoms with van der Waals surface area (Å²) in [5, 5.41) is 0. The molecule has 0 aliphatic carbocycles. The molecule has 19 heavy (non-hydrogen) atoms. The number of hydrogen-bond donors (Lipinski definition) is 1. The molecule has 0 radical (unpaired) electrons. The van der Waals surface area contributed by atoms with E-state index in [4.69, 9.17) is 15.2 Å². The van der Waals surface area contributed by atoms with Crippen LogP contribution in [-0.4, -0.2) is 40.5 Å². The van der Waals surface area contributed by atoms with Gasteiger partial charge in [-0.1, -0.05) is 12.1 Å². The number of hydrogen-bond acceptors (Lipinski definition) is 4. The smallest absolute Gasteiger partial charge is 0.142 e.